The van der Waals surface area contributed by atoms with Crippen LogP contribution >= 0.6 is 22.9 Å². The second kappa shape index (κ2) is 6.02. The number of thiazole rings is 1. The number of H-pyrrole nitrogens is 1. The molecule has 6 nitrogen and oxygen atoms in total. The topological polar surface area (TPSA) is 76.5 Å². The molecule has 0 fully saturated rings. The summed E-state index contributed by atoms with van der Waals surface area (Å²) < 4.78 is 6.79. The minimum atomic E-state index is -0.592. The van der Waals surface area contributed by atoms with Gasteiger partial charge in [-0.3, -0.25) is 9.20 Å². The predicted molar refractivity (Wildman–Crippen MR) is 96.5 cm³/mol. The van der Waals surface area contributed by atoms with E-state index in [4.69, 9.17) is 16.3 Å². The summed E-state index contributed by atoms with van der Waals surface area (Å²) in [6.45, 7) is 1.73. The Bertz CT molecular complexity index is 1180. The van der Waals surface area contributed by atoms with Gasteiger partial charge in [0.2, 0.25) is 0 Å². The summed E-state index contributed by atoms with van der Waals surface area (Å²) in [5, 5.41) is 2.92. The SMILES string of the molecule is Cc1csc2nc(COC(=O)c3[nH]c4ccccc4c3Cl)cc(=O)n12. The van der Waals surface area contributed by atoms with Gasteiger partial charge in [-0.05, 0) is 13.0 Å². The first-order valence-electron chi connectivity index (χ1n) is 7.44. The van der Waals surface area contributed by atoms with E-state index >= 15 is 0 Å². The van der Waals surface area contributed by atoms with Gasteiger partial charge in [0.05, 0.1) is 10.7 Å². The average molecular weight is 374 g/mol. The number of nitrogens with zero attached hydrogens (tertiary/aromatic N) is 2. The van der Waals surface area contributed by atoms with Gasteiger partial charge in [-0.1, -0.05) is 29.8 Å². The van der Waals surface area contributed by atoms with Gasteiger partial charge in [0.15, 0.2) is 4.96 Å². The Morgan fingerprint density at radius 2 is 2.20 bits per heavy atom. The Kier molecular flexibility index (Phi) is 3.82. The minimum Gasteiger partial charge on any atom is -0.454 e. The summed E-state index contributed by atoms with van der Waals surface area (Å²) in [6, 6.07) is 8.70. The minimum absolute atomic E-state index is 0.104. The Hall–Kier alpha value is -2.64. The highest BCUT2D eigenvalue weighted by Crippen LogP contribution is 2.27. The molecule has 1 aromatic carbocycles. The van der Waals surface area contributed by atoms with Gasteiger partial charge in [-0.15, -0.1) is 11.3 Å². The molecule has 0 amide bonds. The molecule has 0 aliphatic heterocycles. The van der Waals surface area contributed by atoms with Crippen molar-refractivity contribution in [2.45, 2.75) is 13.5 Å². The van der Waals surface area contributed by atoms with E-state index in [1.807, 2.05) is 36.6 Å². The van der Waals surface area contributed by atoms with Crippen LogP contribution < -0.4 is 5.56 Å². The van der Waals surface area contributed by atoms with Crippen molar-refractivity contribution in [3.63, 3.8) is 0 Å². The molecule has 126 valence electrons. The van der Waals surface area contributed by atoms with Crippen molar-refractivity contribution in [3.05, 3.63) is 68.2 Å². The second-order valence-corrected chi connectivity index (χ2v) is 6.73. The number of carbonyl (C=O) groups excluding carboxylic acids is 1. The Morgan fingerprint density at radius 3 is 3.00 bits per heavy atom. The molecule has 0 saturated heterocycles. The van der Waals surface area contributed by atoms with Gasteiger partial charge >= 0.3 is 5.97 Å². The third kappa shape index (κ3) is 2.71. The summed E-state index contributed by atoms with van der Waals surface area (Å²) in [5.74, 6) is -0.592. The molecule has 0 unspecified atom stereocenters. The standard InChI is InChI=1S/C17H12ClN3O3S/c1-9-8-25-17-19-10(6-13(22)21(9)17)7-24-16(23)15-14(18)11-4-2-3-5-12(11)20-15/h2-6,8,20H,7H2,1H3. The number of fused-ring (bicyclic) bond motifs is 2. The maximum Gasteiger partial charge on any atom is 0.356 e. The number of aromatic nitrogens is 3. The molecule has 4 aromatic rings. The third-order valence-electron chi connectivity index (χ3n) is 3.83. The monoisotopic (exact) mass is 373 g/mol. The highest BCUT2D eigenvalue weighted by atomic mass is 35.5. The van der Waals surface area contributed by atoms with Crippen LogP contribution in [0, 0.1) is 6.92 Å². The number of esters is 1. The number of nitrogens with one attached hydrogen (secondary N) is 1. The van der Waals surface area contributed by atoms with Crippen LogP contribution in [0.5, 0.6) is 0 Å². The first-order chi connectivity index (χ1) is 12.0. The number of halogens is 1. The van der Waals surface area contributed by atoms with Crippen molar-refractivity contribution >= 4 is 44.8 Å². The van der Waals surface area contributed by atoms with Gasteiger partial charge in [-0.25, -0.2) is 9.78 Å². The number of carbonyl (C=O) groups is 1. The molecule has 25 heavy (non-hydrogen) atoms. The van der Waals surface area contributed by atoms with Crippen LogP contribution in [-0.2, 0) is 11.3 Å². The molecule has 0 spiro atoms. The number of rotatable bonds is 3. The average Bonchev–Trinajstić information content (AvgIpc) is 3.14. The molecule has 3 aromatic heterocycles. The fourth-order valence-corrected chi connectivity index (χ4v) is 3.81. The lowest BCUT2D eigenvalue weighted by molar-refractivity contribution is 0.0462. The first-order valence-corrected chi connectivity index (χ1v) is 8.70. The molecule has 8 heteroatoms. The lowest BCUT2D eigenvalue weighted by Gasteiger charge is -2.04. The molecule has 0 bridgehead atoms. The van der Waals surface area contributed by atoms with Gasteiger partial charge < -0.3 is 9.72 Å². The van der Waals surface area contributed by atoms with Crippen LogP contribution in [0.1, 0.15) is 21.9 Å². The van der Waals surface area contributed by atoms with Crippen molar-refractivity contribution in [2.24, 2.45) is 0 Å². The summed E-state index contributed by atoms with van der Waals surface area (Å²) in [5.41, 5.74) is 1.97. The fourth-order valence-electron chi connectivity index (χ4n) is 2.63. The van der Waals surface area contributed by atoms with E-state index in [2.05, 4.69) is 9.97 Å². The normalized spacial score (nSPS) is 11.3. The van der Waals surface area contributed by atoms with Crippen LogP contribution in [-0.4, -0.2) is 20.3 Å². The zero-order valence-electron chi connectivity index (χ0n) is 13.1. The molecule has 3 heterocycles. The van der Waals surface area contributed by atoms with Gasteiger partial charge in [0.1, 0.15) is 12.3 Å². The van der Waals surface area contributed by atoms with Gasteiger partial charge in [0, 0.05) is 28.0 Å². The third-order valence-corrected chi connectivity index (χ3v) is 5.16. The van der Waals surface area contributed by atoms with E-state index in [-0.39, 0.29) is 17.9 Å². The molecule has 1 N–H and O–H groups in total. The zero-order chi connectivity index (χ0) is 17.6. The van der Waals surface area contributed by atoms with Crippen molar-refractivity contribution in [1.82, 2.24) is 14.4 Å². The van der Waals surface area contributed by atoms with E-state index < -0.39 is 5.97 Å². The molecule has 0 saturated carbocycles. The molecule has 4 rings (SSSR count). The van der Waals surface area contributed by atoms with Gasteiger partial charge in [-0.2, -0.15) is 0 Å². The van der Waals surface area contributed by atoms with E-state index in [9.17, 15) is 9.59 Å². The Labute approximate surface area is 150 Å². The predicted octanol–water partition coefficient (Wildman–Crippen LogP) is 3.56. The summed E-state index contributed by atoms with van der Waals surface area (Å²) >= 11 is 7.60. The van der Waals surface area contributed by atoms with E-state index in [1.165, 1.54) is 21.8 Å². The highest BCUT2D eigenvalue weighted by molar-refractivity contribution is 7.15. The van der Waals surface area contributed by atoms with Crippen molar-refractivity contribution in [2.75, 3.05) is 0 Å². The van der Waals surface area contributed by atoms with Crippen LogP contribution in [0.3, 0.4) is 0 Å². The molecule has 0 aliphatic carbocycles. The number of hydrogen-bond acceptors (Lipinski definition) is 5. The summed E-state index contributed by atoms with van der Waals surface area (Å²) in [6.07, 6.45) is 0. The number of aryl methyl sites for hydroxylation is 1. The van der Waals surface area contributed by atoms with Crippen LogP contribution in [0.2, 0.25) is 5.02 Å². The first kappa shape index (κ1) is 15.9. The number of para-hydroxylation sites is 1. The second-order valence-electron chi connectivity index (χ2n) is 5.52. The Morgan fingerprint density at radius 1 is 1.40 bits per heavy atom. The van der Waals surface area contributed by atoms with E-state index in [0.717, 1.165) is 16.6 Å². The lowest BCUT2D eigenvalue weighted by atomic mass is 10.2. The molecule has 0 aliphatic rings. The van der Waals surface area contributed by atoms with Gasteiger partial charge in [0.25, 0.3) is 5.56 Å². The number of ether oxygens (including phenoxy) is 1. The smallest absolute Gasteiger partial charge is 0.356 e. The van der Waals surface area contributed by atoms with Crippen LogP contribution in [0.4, 0.5) is 0 Å². The lowest BCUT2D eigenvalue weighted by Crippen LogP contribution is -2.16. The fraction of sp³-hybridized carbons (Fsp3) is 0.118. The van der Waals surface area contributed by atoms with Crippen molar-refractivity contribution in [3.8, 4) is 0 Å². The number of hydrogen-bond donors (Lipinski definition) is 1. The van der Waals surface area contributed by atoms with Crippen molar-refractivity contribution in [1.29, 1.82) is 0 Å². The highest BCUT2D eigenvalue weighted by Gasteiger charge is 2.18. The van der Waals surface area contributed by atoms with E-state index in [0.29, 0.717) is 15.7 Å². The largest absolute Gasteiger partial charge is 0.454 e. The number of aromatic amines is 1. The van der Waals surface area contributed by atoms with Crippen LogP contribution in [0.25, 0.3) is 15.9 Å². The molecular weight excluding hydrogens is 362 g/mol. The number of benzene rings is 1. The maximum atomic E-state index is 12.3. The van der Waals surface area contributed by atoms with Crippen LogP contribution in [0.15, 0.2) is 40.5 Å². The summed E-state index contributed by atoms with van der Waals surface area (Å²) in [4.78, 5) is 32.3. The van der Waals surface area contributed by atoms with Crippen molar-refractivity contribution < 1.29 is 9.53 Å². The summed E-state index contributed by atoms with van der Waals surface area (Å²) in [7, 11) is 0. The molecule has 0 radical (unpaired) electrons. The zero-order valence-corrected chi connectivity index (χ0v) is 14.6. The quantitative estimate of drug-likeness (QED) is 0.557. The maximum absolute atomic E-state index is 12.3. The molecular formula is C17H12ClN3O3S. The van der Waals surface area contributed by atoms with E-state index in [1.54, 1.807) is 0 Å². The Balaban J connectivity index is 1.59. The molecule has 0 atom stereocenters.